The van der Waals surface area contributed by atoms with Crippen molar-refractivity contribution < 1.29 is 0 Å². The maximum Gasteiger partial charge on any atom is -0.0222 e. The van der Waals surface area contributed by atoms with Crippen molar-refractivity contribution in [3.05, 3.63) is 72.9 Å². The summed E-state index contributed by atoms with van der Waals surface area (Å²) in [6, 6.07) is 0. The van der Waals surface area contributed by atoms with E-state index in [0.29, 0.717) is 0 Å². The second kappa shape index (κ2) is 10.3. The van der Waals surface area contributed by atoms with Gasteiger partial charge in [0.2, 0.25) is 0 Å². The Morgan fingerprint density at radius 3 is 0.333 bits per heavy atom. The van der Waals surface area contributed by atoms with Crippen molar-refractivity contribution >= 4 is 0 Å². The molecule has 8 rings (SSSR count). The molecule has 0 aromatic carbocycles. The van der Waals surface area contributed by atoms with Gasteiger partial charge in [-0.05, 0) is 148 Å². The molecule has 36 heavy (non-hydrogen) atoms. The molecule has 0 amide bonds. The Morgan fingerprint density at radius 2 is 0.250 bits per heavy atom. The lowest BCUT2D eigenvalue weighted by Crippen LogP contribution is -2.21. The Kier molecular flexibility index (Phi) is 6.74. The molecule has 0 nitrogen and oxygen atoms in total. The molecular weight excluding hydrogens is 432 g/mol. The molecular formula is C36H48. The van der Waals surface area contributed by atoms with Crippen molar-refractivity contribution in [2.75, 3.05) is 0 Å². The van der Waals surface area contributed by atoms with Crippen LogP contribution in [0.1, 0.15) is 77.0 Å². The highest BCUT2D eigenvalue weighted by atomic mass is 14.4. The zero-order valence-electron chi connectivity index (χ0n) is 22.3. The Hall–Kier alpha value is -1.56. The van der Waals surface area contributed by atoms with E-state index in [1.54, 1.807) is 0 Å². The van der Waals surface area contributed by atoms with E-state index in [0.717, 1.165) is 71.0 Å². The Balaban J connectivity index is 1.35. The average Bonchev–Trinajstić information content (AvgIpc) is 2.89. The zero-order chi connectivity index (χ0) is 23.9. The molecule has 12 bridgehead atoms. The maximum atomic E-state index is 2.69. The highest BCUT2D eigenvalue weighted by molar-refractivity contribution is 5.14. The van der Waals surface area contributed by atoms with Crippen LogP contribution in [0.25, 0.3) is 0 Å². The molecule has 8 atom stereocenters. The highest BCUT2D eigenvalue weighted by Crippen LogP contribution is 2.44. The number of hydrogen-bond acceptors (Lipinski definition) is 0. The second-order valence-electron chi connectivity index (χ2n) is 14.3. The molecule has 4 fully saturated rings. The largest absolute Gasteiger partial charge is 0.0851 e. The van der Waals surface area contributed by atoms with Gasteiger partial charge in [-0.2, -0.15) is 0 Å². The number of rotatable bonds is 0. The van der Waals surface area contributed by atoms with Crippen LogP contribution in [0.4, 0.5) is 0 Å². The SMILES string of the molecule is C1=C\C2CC3/C=C\C4CC5/C=C\C6CC(/C=C\C7CC/1CC(/C=C/C(C4)C5)C7)CC(/C=C/C(C2)C3)C6. The van der Waals surface area contributed by atoms with Crippen molar-refractivity contribution in [3.63, 3.8) is 0 Å². The van der Waals surface area contributed by atoms with E-state index >= 15 is 0 Å². The van der Waals surface area contributed by atoms with E-state index in [1.165, 1.54) is 77.0 Å². The lowest BCUT2D eigenvalue weighted by Gasteiger charge is -2.33. The van der Waals surface area contributed by atoms with Gasteiger partial charge in [0.1, 0.15) is 0 Å². The van der Waals surface area contributed by atoms with E-state index < -0.39 is 0 Å². The van der Waals surface area contributed by atoms with Crippen LogP contribution in [-0.4, -0.2) is 0 Å². The van der Waals surface area contributed by atoms with Gasteiger partial charge in [0.25, 0.3) is 0 Å². The van der Waals surface area contributed by atoms with Crippen molar-refractivity contribution in [3.8, 4) is 0 Å². The summed E-state index contributed by atoms with van der Waals surface area (Å²) in [6.45, 7) is 0. The quantitative estimate of drug-likeness (QED) is 0.303. The number of hydrogen-bond donors (Lipinski definition) is 0. The van der Waals surface area contributed by atoms with Gasteiger partial charge in [-0.25, -0.2) is 0 Å². The molecule has 0 radical (unpaired) electrons. The Labute approximate surface area is 220 Å². The van der Waals surface area contributed by atoms with Gasteiger partial charge in [0, 0.05) is 0 Å². The molecule has 8 aliphatic rings. The van der Waals surface area contributed by atoms with Crippen molar-refractivity contribution in [2.45, 2.75) is 77.0 Å². The molecule has 0 N–H and O–H groups in total. The lowest BCUT2D eigenvalue weighted by atomic mass is 9.72. The van der Waals surface area contributed by atoms with E-state index in [9.17, 15) is 0 Å². The number of allylic oxidation sites excluding steroid dienone is 12. The van der Waals surface area contributed by atoms with Gasteiger partial charge in [0.15, 0.2) is 0 Å². The molecule has 0 aromatic heterocycles. The molecule has 192 valence electrons. The molecule has 8 aliphatic carbocycles. The molecule has 0 aromatic rings. The minimum atomic E-state index is 0.763. The second-order valence-corrected chi connectivity index (χ2v) is 14.3. The molecule has 0 saturated heterocycles. The molecule has 0 heterocycles. The van der Waals surface area contributed by atoms with Gasteiger partial charge in [0.05, 0.1) is 0 Å². The van der Waals surface area contributed by atoms with Gasteiger partial charge < -0.3 is 0 Å². The minimum Gasteiger partial charge on any atom is -0.0851 e. The topological polar surface area (TPSA) is 0 Å². The maximum absolute atomic E-state index is 2.69. The Morgan fingerprint density at radius 1 is 0.167 bits per heavy atom. The zero-order valence-corrected chi connectivity index (χ0v) is 22.3. The summed E-state index contributed by atoms with van der Waals surface area (Å²) in [6.07, 6.45) is 48.8. The summed E-state index contributed by atoms with van der Waals surface area (Å²) < 4.78 is 0. The van der Waals surface area contributed by atoms with E-state index in [1.807, 2.05) is 0 Å². The van der Waals surface area contributed by atoms with Crippen LogP contribution < -0.4 is 0 Å². The van der Waals surface area contributed by atoms with Gasteiger partial charge in [-0.3, -0.25) is 0 Å². The summed E-state index contributed by atoms with van der Waals surface area (Å²) in [5.41, 5.74) is 0. The third kappa shape index (κ3) is 5.49. The van der Waals surface area contributed by atoms with Crippen molar-refractivity contribution in [2.24, 2.45) is 71.0 Å². The van der Waals surface area contributed by atoms with Crippen LogP contribution >= 0.6 is 0 Å². The highest BCUT2D eigenvalue weighted by Gasteiger charge is 2.32. The standard InChI is InChI=1S/C36H48/c1-2-26-15-29-7-9-33-19-31-5-3-27-13-25(1)14-28(17-27)4-6-32-20-34(10-8-30(16-26)18-29)24-36(22-32)12-11-35(21-31)23-33/h1-12,25-36H,13-24H2/b2-1-,5-3-,6-4+,9-7+,10-8-,12-11-. The van der Waals surface area contributed by atoms with Crippen LogP contribution in [0.2, 0.25) is 0 Å². The molecule has 0 aliphatic heterocycles. The lowest BCUT2D eigenvalue weighted by molar-refractivity contribution is 0.282. The van der Waals surface area contributed by atoms with Crippen molar-refractivity contribution in [1.29, 1.82) is 0 Å². The summed E-state index contributed by atoms with van der Waals surface area (Å²) >= 11 is 0. The first-order valence-electron chi connectivity index (χ1n) is 15.8. The van der Waals surface area contributed by atoms with Crippen molar-refractivity contribution in [1.82, 2.24) is 0 Å². The van der Waals surface area contributed by atoms with E-state index in [2.05, 4.69) is 72.9 Å². The molecule has 4 saturated carbocycles. The monoisotopic (exact) mass is 480 g/mol. The third-order valence-corrected chi connectivity index (χ3v) is 11.2. The van der Waals surface area contributed by atoms with E-state index in [4.69, 9.17) is 0 Å². The predicted molar refractivity (Wildman–Crippen MR) is 152 cm³/mol. The molecule has 8 unspecified atom stereocenters. The first-order valence-corrected chi connectivity index (χ1v) is 15.8. The summed E-state index contributed by atoms with van der Waals surface area (Å²) in [5, 5.41) is 0. The van der Waals surface area contributed by atoms with Crippen LogP contribution in [0.15, 0.2) is 72.9 Å². The summed E-state index contributed by atoms with van der Waals surface area (Å²) in [7, 11) is 0. The molecule has 0 heteroatoms. The van der Waals surface area contributed by atoms with Crippen LogP contribution in [-0.2, 0) is 0 Å². The fourth-order valence-corrected chi connectivity index (χ4v) is 9.59. The van der Waals surface area contributed by atoms with Gasteiger partial charge in [-0.15, -0.1) is 0 Å². The third-order valence-electron chi connectivity index (χ3n) is 11.2. The smallest absolute Gasteiger partial charge is 0.0222 e. The first kappa shape index (κ1) is 23.5. The molecule has 0 spiro atoms. The van der Waals surface area contributed by atoms with Gasteiger partial charge >= 0.3 is 0 Å². The summed E-state index contributed by atoms with van der Waals surface area (Å²) in [4.78, 5) is 0. The fourth-order valence-electron chi connectivity index (χ4n) is 9.59. The summed E-state index contributed by atoms with van der Waals surface area (Å²) in [5.74, 6) is 9.16. The predicted octanol–water partition coefficient (Wildman–Crippen LogP) is 9.49. The van der Waals surface area contributed by atoms with E-state index in [-0.39, 0.29) is 0 Å². The normalized spacial score (nSPS) is 54.7. The van der Waals surface area contributed by atoms with Crippen LogP contribution in [0.5, 0.6) is 0 Å². The van der Waals surface area contributed by atoms with Crippen LogP contribution in [0, 0.1) is 71.0 Å². The minimum absolute atomic E-state index is 0.763. The van der Waals surface area contributed by atoms with Gasteiger partial charge in [-0.1, -0.05) is 72.9 Å². The fraction of sp³-hybridized carbons (Fsp3) is 0.667. The Bertz CT molecular complexity index is 659. The average molecular weight is 481 g/mol. The van der Waals surface area contributed by atoms with Crippen LogP contribution in [0.3, 0.4) is 0 Å². The first-order chi connectivity index (χ1) is 17.7.